The number of carbonyl (C=O) groups excluding carboxylic acids is 1. The number of benzene rings is 1. The number of methoxy groups -OCH3 is 1. The minimum Gasteiger partial charge on any atom is -0.453 e. The van der Waals surface area contributed by atoms with Crippen molar-refractivity contribution in [2.75, 3.05) is 18.2 Å². The molecule has 0 unspecified atom stereocenters. The number of carbonyl (C=O) groups is 1. The van der Waals surface area contributed by atoms with Gasteiger partial charge in [0.05, 0.1) is 13.3 Å². The molecule has 1 aromatic carbocycles. The van der Waals surface area contributed by atoms with Crippen LogP contribution >= 0.6 is 0 Å². The van der Waals surface area contributed by atoms with Crippen LogP contribution in [0.1, 0.15) is 0 Å². The molecule has 0 aliphatic rings. The maximum Gasteiger partial charge on any atom is 0.411 e. The standard InChI is InChI=1S/C12H14N4O2/c1-16-11(13)10(7-14-16)8-4-3-5-9(6-8)15-12(17)18-2/h3-7H,13H2,1-2H3,(H,15,17). The summed E-state index contributed by atoms with van der Waals surface area (Å²) in [7, 11) is 3.09. The van der Waals surface area contributed by atoms with E-state index in [0.29, 0.717) is 11.5 Å². The molecule has 0 aliphatic heterocycles. The van der Waals surface area contributed by atoms with Gasteiger partial charge in [0, 0.05) is 18.3 Å². The summed E-state index contributed by atoms with van der Waals surface area (Å²) in [5.41, 5.74) is 8.25. The van der Waals surface area contributed by atoms with Crippen molar-refractivity contribution in [1.82, 2.24) is 9.78 Å². The van der Waals surface area contributed by atoms with Gasteiger partial charge in [-0.25, -0.2) is 4.79 Å². The van der Waals surface area contributed by atoms with Crippen molar-refractivity contribution in [3.05, 3.63) is 30.5 Å². The predicted molar refractivity (Wildman–Crippen MR) is 69.1 cm³/mol. The number of hydrogen-bond acceptors (Lipinski definition) is 4. The molecular weight excluding hydrogens is 232 g/mol. The summed E-state index contributed by atoms with van der Waals surface area (Å²) < 4.78 is 6.13. The number of nitrogens with two attached hydrogens (primary N) is 1. The SMILES string of the molecule is COC(=O)Nc1cccc(-c2cnn(C)c2N)c1. The third-order valence-corrected chi connectivity index (χ3v) is 2.59. The Kier molecular flexibility index (Phi) is 3.18. The van der Waals surface area contributed by atoms with Crippen LogP contribution in [-0.2, 0) is 11.8 Å². The van der Waals surface area contributed by atoms with Crippen molar-refractivity contribution in [3.63, 3.8) is 0 Å². The molecule has 0 saturated heterocycles. The second-order valence-corrected chi connectivity index (χ2v) is 3.76. The smallest absolute Gasteiger partial charge is 0.411 e. The number of ether oxygens (including phenoxy) is 1. The maximum absolute atomic E-state index is 11.1. The van der Waals surface area contributed by atoms with Crippen molar-refractivity contribution >= 4 is 17.6 Å². The summed E-state index contributed by atoms with van der Waals surface area (Å²) in [6.07, 6.45) is 1.18. The second kappa shape index (κ2) is 4.79. The molecule has 2 rings (SSSR count). The molecule has 0 aliphatic carbocycles. The molecule has 1 aromatic heterocycles. The van der Waals surface area contributed by atoms with Crippen LogP contribution in [0.15, 0.2) is 30.5 Å². The maximum atomic E-state index is 11.1. The van der Waals surface area contributed by atoms with Crippen LogP contribution in [0.2, 0.25) is 0 Å². The lowest BCUT2D eigenvalue weighted by Crippen LogP contribution is -2.10. The minimum absolute atomic E-state index is 0.508. The molecule has 0 radical (unpaired) electrons. The zero-order chi connectivity index (χ0) is 13.1. The van der Waals surface area contributed by atoms with E-state index in [9.17, 15) is 4.79 Å². The number of rotatable bonds is 2. The van der Waals surface area contributed by atoms with E-state index in [4.69, 9.17) is 5.73 Å². The molecule has 1 amide bonds. The molecule has 1 heterocycles. The van der Waals surface area contributed by atoms with Crippen molar-refractivity contribution in [2.45, 2.75) is 0 Å². The average Bonchev–Trinajstić information content (AvgIpc) is 2.70. The molecule has 0 saturated carbocycles. The van der Waals surface area contributed by atoms with E-state index in [-0.39, 0.29) is 0 Å². The quantitative estimate of drug-likeness (QED) is 0.847. The van der Waals surface area contributed by atoms with Gasteiger partial charge in [-0.15, -0.1) is 0 Å². The Hall–Kier alpha value is -2.50. The number of anilines is 2. The Morgan fingerprint density at radius 3 is 2.89 bits per heavy atom. The first-order chi connectivity index (χ1) is 8.61. The third-order valence-electron chi connectivity index (χ3n) is 2.59. The van der Waals surface area contributed by atoms with Crippen LogP contribution in [0.4, 0.5) is 16.3 Å². The van der Waals surface area contributed by atoms with Gasteiger partial charge in [-0.2, -0.15) is 5.10 Å². The van der Waals surface area contributed by atoms with E-state index >= 15 is 0 Å². The van der Waals surface area contributed by atoms with Crippen molar-refractivity contribution in [3.8, 4) is 11.1 Å². The number of amides is 1. The summed E-state index contributed by atoms with van der Waals surface area (Å²) in [6.45, 7) is 0. The van der Waals surface area contributed by atoms with Crippen LogP contribution in [0, 0.1) is 0 Å². The molecule has 18 heavy (non-hydrogen) atoms. The zero-order valence-electron chi connectivity index (χ0n) is 10.2. The Morgan fingerprint density at radius 1 is 1.50 bits per heavy atom. The summed E-state index contributed by atoms with van der Waals surface area (Å²) >= 11 is 0. The van der Waals surface area contributed by atoms with Crippen molar-refractivity contribution in [2.24, 2.45) is 7.05 Å². The minimum atomic E-state index is -0.508. The van der Waals surface area contributed by atoms with E-state index in [1.54, 1.807) is 24.0 Å². The number of nitrogens with zero attached hydrogens (tertiary/aromatic N) is 2. The monoisotopic (exact) mass is 246 g/mol. The van der Waals surface area contributed by atoms with E-state index in [1.807, 2.05) is 18.2 Å². The van der Waals surface area contributed by atoms with Crippen LogP contribution < -0.4 is 11.1 Å². The largest absolute Gasteiger partial charge is 0.453 e. The molecule has 0 fully saturated rings. The summed E-state index contributed by atoms with van der Waals surface area (Å²) in [5.74, 6) is 0.574. The lowest BCUT2D eigenvalue weighted by Gasteiger charge is -2.06. The van der Waals surface area contributed by atoms with Gasteiger partial charge in [0.15, 0.2) is 0 Å². The average molecular weight is 246 g/mol. The topological polar surface area (TPSA) is 82.2 Å². The molecule has 3 N–H and O–H groups in total. The molecule has 0 bridgehead atoms. The highest BCUT2D eigenvalue weighted by atomic mass is 16.5. The highest BCUT2D eigenvalue weighted by molar-refractivity contribution is 5.86. The number of hydrogen-bond donors (Lipinski definition) is 2. The molecule has 0 atom stereocenters. The van der Waals surface area contributed by atoms with Gasteiger partial charge in [-0.1, -0.05) is 12.1 Å². The highest BCUT2D eigenvalue weighted by Gasteiger charge is 2.08. The summed E-state index contributed by atoms with van der Waals surface area (Å²) in [6, 6.07) is 7.31. The van der Waals surface area contributed by atoms with E-state index in [0.717, 1.165) is 11.1 Å². The molecule has 94 valence electrons. The normalized spacial score (nSPS) is 10.1. The lowest BCUT2D eigenvalue weighted by molar-refractivity contribution is 0.187. The fourth-order valence-electron chi connectivity index (χ4n) is 1.60. The zero-order valence-corrected chi connectivity index (χ0v) is 10.2. The van der Waals surface area contributed by atoms with Crippen molar-refractivity contribution < 1.29 is 9.53 Å². The Morgan fingerprint density at radius 2 is 2.28 bits per heavy atom. The van der Waals surface area contributed by atoms with Gasteiger partial charge in [0.1, 0.15) is 5.82 Å². The summed E-state index contributed by atoms with van der Waals surface area (Å²) in [4.78, 5) is 11.1. The molecule has 2 aromatic rings. The number of nitrogen functional groups attached to an aromatic ring is 1. The highest BCUT2D eigenvalue weighted by Crippen LogP contribution is 2.27. The van der Waals surface area contributed by atoms with E-state index in [2.05, 4.69) is 15.2 Å². The van der Waals surface area contributed by atoms with Gasteiger partial charge in [0.25, 0.3) is 0 Å². The van der Waals surface area contributed by atoms with Crippen LogP contribution in [-0.4, -0.2) is 23.0 Å². The van der Waals surface area contributed by atoms with E-state index < -0.39 is 6.09 Å². The van der Waals surface area contributed by atoms with Crippen LogP contribution in [0.5, 0.6) is 0 Å². The van der Waals surface area contributed by atoms with Gasteiger partial charge in [-0.3, -0.25) is 10.00 Å². The number of aromatic nitrogens is 2. The van der Waals surface area contributed by atoms with E-state index in [1.165, 1.54) is 7.11 Å². The Bertz CT molecular complexity index is 577. The van der Waals surface area contributed by atoms with Crippen LogP contribution in [0.3, 0.4) is 0 Å². The van der Waals surface area contributed by atoms with Gasteiger partial charge in [-0.05, 0) is 17.7 Å². The summed E-state index contributed by atoms with van der Waals surface area (Å²) in [5, 5.41) is 6.68. The molecular formula is C12H14N4O2. The molecule has 6 heteroatoms. The first-order valence-electron chi connectivity index (χ1n) is 5.34. The first kappa shape index (κ1) is 12.0. The van der Waals surface area contributed by atoms with Gasteiger partial charge in [0.2, 0.25) is 0 Å². The van der Waals surface area contributed by atoms with Gasteiger partial charge >= 0.3 is 6.09 Å². The lowest BCUT2D eigenvalue weighted by atomic mass is 10.1. The Labute approximate surface area is 104 Å². The molecule has 6 nitrogen and oxygen atoms in total. The fraction of sp³-hybridized carbons (Fsp3) is 0.167. The third kappa shape index (κ3) is 2.27. The van der Waals surface area contributed by atoms with Crippen molar-refractivity contribution in [1.29, 1.82) is 0 Å². The number of nitrogens with one attached hydrogen (secondary N) is 1. The van der Waals surface area contributed by atoms with Gasteiger partial charge < -0.3 is 10.5 Å². The first-order valence-corrected chi connectivity index (χ1v) is 5.34. The molecule has 0 spiro atoms. The Balaban J connectivity index is 2.32. The second-order valence-electron chi connectivity index (χ2n) is 3.76. The van der Waals surface area contributed by atoms with Crippen LogP contribution in [0.25, 0.3) is 11.1 Å². The fourth-order valence-corrected chi connectivity index (χ4v) is 1.60. The number of aryl methyl sites for hydroxylation is 1. The predicted octanol–water partition coefficient (Wildman–Crippen LogP) is 1.85.